The lowest BCUT2D eigenvalue weighted by Crippen LogP contribution is -1.99. The highest BCUT2D eigenvalue weighted by Crippen LogP contribution is 2.27. The van der Waals surface area contributed by atoms with Crippen molar-refractivity contribution in [3.05, 3.63) is 44.3 Å². The highest BCUT2D eigenvalue weighted by atomic mass is 127. The van der Waals surface area contributed by atoms with Gasteiger partial charge < -0.3 is 5.32 Å². The summed E-state index contributed by atoms with van der Waals surface area (Å²) in [7, 11) is 0. The van der Waals surface area contributed by atoms with E-state index in [1.165, 1.54) is 6.20 Å². The van der Waals surface area contributed by atoms with Crippen molar-refractivity contribution in [3.63, 3.8) is 0 Å². The third-order valence-electron chi connectivity index (χ3n) is 1.99. The van der Waals surface area contributed by atoms with Gasteiger partial charge >= 0.3 is 0 Å². The highest BCUT2D eigenvalue weighted by Gasteiger charge is 2.06. The molecule has 0 unspecified atom stereocenters. The van der Waals surface area contributed by atoms with Gasteiger partial charge in [0.1, 0.15) is 6.07 Å². The Morgan fingerprint density at radius 2 is 2.06 bits per heavy atom. The molecule has 0 radical (unpaired) electrons. The van der Waals surface area contributed by atoms with Crippen LogP contribution in [0.1, 0.15) is 5.69 Å². The molecule has 0 aliphatic rings. The minimum absolute atomic E-state index is 0.276. The fourth-order valence-electron chi connectivity index (χ4n) is 1.23. The van der Waals surface area contributed by atoms with Crippen LogP contribution in [-0.2, 0) is 0 Å². The smallest absolute Gasteiger partial charge is 0.183 e. The average molecular weight is 401 g/mol. The maximum absolute atomic E-state index is 8.90. The largest absolute Gasteiger partial charge is 0.337 e. The summed E-state index contributed by atoms with van der Waals surface area (Å²) in [5.41, 5.74) is 1.13. The Morgan fingerprint density at radius 3 is 2.76 bits per heavy atom. The van der Waals surface area contributed by atoms with Crippen LogP contribution in [0.4, 0.5) is 11.5 Å². The van der Waals surface area contributed by atoms with Crippen molar-refractivity contribution in [1.29, 1.82) is 5.26 Å². The minimum atomic E-state index is 0.276. The molecule has 0 spiro atoms. The Bertz CT molecular complexity index is 594. The number of anilines is 2. The molecule has 0 saturated carbocycles. The molecule has 1 aromatic heterocycles. The van der Waals surface area contributed by atoms with Crippen LogP contribution in [0.15, 0.2) is 35.1 Å². The normalized spacial score (nSPS) is 9.71. The number of nitrogens with zero attached hydrogens (tertiary/aromatic N) is 3. The molecule has 84 valence electrons. The zero-order valence-electron chi connectivity index (χ0n) is 8.48. The number of aromatic nitrogens is 2. The van der Waals surface area contributed by atoms with Crippen molar-refractivity contribution in [1.82, 2.24) is 9.97 Å². The molecule has 0 aliphatic heterocycles. The van der Waals surface area contributed by atoms with Gasteiger partial charge in [0.05, 0.1) is 5.69 Å². The van der Waals surface area contributed by atoms with Gasteiger partial charge in [0.15, 0.2) is 11.5 Å². The van der Waals surface area contributed by atoms with Crippen LogP contribution in [0.25, 0.3) is 0 Å². The summed E-state index contributed by atoms with van der Waals surface area (Å²) in [5.74, 6) is 0.455. The van der Waals surface area contributed by atoms with Gasteiger partial charge in [-0.05, 0) is 56.7 Å². The molecule has 0 aliphatic carbocycles. The first-order valence-electron chi connectivity index (χ1n) is 4.64. The summed E-state index contributed by atoms with van der Waals surface area (Å²) < 4.78 is 2.04. The van der Waals surface area contributed by atoms with Gasteiger partial charge in [-0.25, -0.2) is 9.97 Å². The summed E-state index contributed by atoms with van der Waals surface area (Å²) in [5, 5.41) is 12.0. The van der Waals surface area contributed by atoms with E-state index in [-0.39, 0.29) is 5.69 Å². The molecular formula is C11H6BrIN4. The third kappa shape index (κ3) is 2.92. The topological polar surface area (TPSA) is 61.6 Å². The Morgan fingerprint density at radius 1 is 1.29 bits per heavy atom. The molecular weight excluding hydrogens is 395 g/mol. The van der Waals surface area contributed by atoms with Crippen LogP contribution in [0.5, 0.6) is 0 Å². The van der Waals surface area contributed by atoms with E-state index in [1.54, 1.807) is 6.20 Å². The summed E-state index contributed by atoms with van der Waals surface area (Å²) >= 11 is 5.68. The van der Waals surface area contributed by atoms with Gasteiger partial charge in [-0.2, -0.15) is 5.26 Å². The fraction of sp³-hybridized carbons (Fsp3) is 0. The fourth-order valence-corrected chi connectivity index (χ4v) is 2.63. The van der Waals surface area contributed by atoms with Crippen LogP contribution >= 0.6 is 38.5 Å². The maximum atomic E-state index is 8.90. The Kier molecular flexibility index (Phi) is 3.91. The van der Waals surface area contributed by atoms with E-state index >= 15 is 0 Å². The lowest BCUT2D eigenvalue weighted by Gasteiger charge is -2.08. The first kappa shape index (κ1) is 12.3. The summed E-state index contributed by atoms with van der Waals surface area (Å²) in [6, 6.07) is 7.86. The monoisotopic (exact) mass is 400 g/mol. The Labute approximate surface area is 120 Å². The van der Waals surface area contributed by atoms with E-state index in [9.17, 15) is 0 Å². The molecule has 1 aromatic carbocycles. The number of nitriles is 1. The zero-order valence-corrected chi connectivity index (χ0v) is 12.2. The van der Waals surface area contributed by atoms with Gasteiger partial charge in [-0.1, -0.05) is 0 Å². The molecule has 0 atom stereocenters. The second kappa shape index (κ2) is 5.42. The van der Waals surface area contributed by atoms with Crippen molar-refractivity contribution < 1.29 is 0 Å². The molecule has 17 heavy (non-hydrogen) atoms. The van der Waals surface area contributed by atoms with Crippen LogP contribution in [0.2, 0.25) is 0 Å². The molecule has 0 fully saturated rings. The van der Waals surface area contributed by atoms with Crippen molar-refractivity contribution in [2.75, 3.05) is 5.32 Å². The van der Waals surface area contributed by atoms with E-state index in [4.69, 9.17) is 5.26 Å². The van der Waals surface area contributed by atoms with Gasteiger partial charge in [0.2, 0.25) is 0 Å². The van der Waals surface area contributed by atoms with Crippen LogP contribution < -0.4 is 5.32 Å². The second-order valence-electron chi connectivity index (χ2n) is 3.11. The van der Waals surface area contributed by atoms with Crippen molar-refractivity contribution in [2.45, 2.75) is 0 Å². The summed E-state index contributed by atoms with van der Waals surface area (Å²) in [6.45, 7) is 0. The van der Waals surface area contributed by atoms with Crippen molar-refractivity contribution >= 4 is 50.0 Å². The average Bonchev–Trinajstić information content (AvgIpc) is 2.33. The van der Waals surface area contributed by atoms with Crippen LogP contribution in [0.3, 0.4) is 0 Å². The van der Waals surface area contributed by atoms with Crippen LogP contribution in [-0.4, -0.2) is 9.97 Å². The van der Waals surface area contributed by atoms with Gasteiger partial charge in [0.25, 0.3) is 0 Å². The summed E-state index contributed by atoms with van der Waals surface area (Å²) in [6.07, 6.45) is 3.04. The molecule has 1 N–H and O–H groups in total. The first-order valence-corrected chi connectivity index (χ1v) is 6.51. The Hall–Kier alpha value is -1.20. The lowest BCUT2D eigenvalue weighted by molar-refractivity contribution is 1.16. The maximum Gasteiger partial charge on any atom is 0.183 e. The van der Waals surface area contributed by atoms with Crippen molar-refractivity contribution in [2.24, 2.45) is 0 Å². The minimum Gasteiger partial charge on any atom is -0.337 e. The highest BCUT2D eigenvalue weighted by molar-refractivity contribution is 14.1. The van der Waals surface area contributed by atoms with Crippen LogP contribution in [0, 0.1) is 14.9 Å². The predicted molar refractivity (Wildman–Crippen MR) is 76.9 cm³/mol. The van der Waals surface area contributed by atoms with E-state index in [0.717, 1.165) is 13.7 Å². The number of halogens is 2. The van der Waals surface area contributed by atoms with Gasteiger partial charge in [-0.15, -0.1) is 0 Å². The van der Waals surface area contributed by atoms with E-state index in [2.05, 4.69) is 53.8 Å². The third-order valence-corrected chi connectivity index (χ3v) is 3.32. The van der Waals surface area contributed by atoms with E-state index in [1.807, 2.05) is 24.3 Å². The molecule has 2 aromatic rings. The molecule has 0 amide bonds. The SMILES string of the molecule is N#Cc1nccnc1Nc1ccc(I)cc1Br. The molecule has 2 rings (SSSR count). The Balaban J connectivity index is 2.35. The van der Waals surface area contributed by atoms with E-state index in [0.29, 0.717) is 5.82 Å². The standard InChI is InChI=1S/C11H6BrIN4/c12-8-5-7(13)1-2-9(8)17-11-10(6-14)15-3-4-16-11/h1-5H,(H,16,17). The number of rotatable bonds is 2. The predicted octanol–water partition coefficient (Wildman–Crippen LogP) is 3.46. The molecule has 6 heteroatoms. The first-order chi connectivity index (χ1) is 8.20. The zero-order chi connectivity index (χ0) is 12.3. The van der Waals surface area contributed by atoms with Gasteiger partial charge in [-0.3, -0.25) is 0 Å². The molecule has 0 bridgehead atoms. The number of nitrogens with one attached hydrogen (secondary N) is 1. The number of hydrogen-bond acceptors (Lipinski definition) is 4. The quantitative estimate of drug-likeness (QED) is 0.784. The lowest BCUT2D eigenvalue weighted by atomic mass is 10.3. The molecule has 0 saturated heterocycles. The number of hydrogen-bond donors (Lipinski definition) is 1. The summed E-state index contributed by atoms with van der Waals surface area (Å²) in [4.78, 5) is 8.03. The van der Waals surface area contributed by atoms with Crippen molar-refractivity contribution in [3.8, 4) is 6.07 Å². The van der Waals surface area contributed by atoms with Gasteiger partial charge in [0, 0.05) is 20.4 Å². The van der Waals surface area contributed by atoms with E-state index < -0.39 is 0 Å². The number of benzene rings is 1. The second-order valence-corrected chi connectivity index (χ2v) is 5.21. The molecule has 1 heterocycles. The molecule has 4 nitrogen and oxygen atoms in total.